The van der Waals surface area contributed by atoms with Crippen LogP contribution in [0.2, 0.25) is 0 Å². The second-order valence-corrected chi connectivity index (χ2v) is 4.59. The van der Waals surface area contributed by atoms with Crippen molar-refractivity contribution in [2.45, 2.75) is 6.42 Å². The van der Waals surface area contributed by atoms with Crippen LogP contribution in [0.1, 0.15) is 5.56 Å². The van der Waals surface area contributed by atoms with Crippen molar-refractivity contribution < 1.29 is 9.18 Å². The van der Waals surface area contributed by atoms with E-state index in [0.29, 0.717) is 5.56 Å². The fourth-order valence-electron chi connectivity index (χ4n) is 1.95. The number of likely N-dealkylation sites (N-methyl/N-ethyl adjacent to an activating group) is 1. The first-order chi connectivity index (χ1) is 8.65. The number of rotatable bonds is 3. The van der Waals surface area contributed by atoms with E-state index < -0.39 is 0 Å². The van der Waals surface area contributed by atoms with Gasteiger partial charge in [0, 0.05) is 26.2 Å². The molecule has 98 valence electrons. The van der Waals surface area contributed by atoms with Crippen LogP contribution >= 0.6 is 0 Å². The van der Waals surface area contributed by atoms with Crippen LogP contribution in [0.15, 0.2) is 24.3 Å². The maximum atomic E-state index is 13.4. The maximum Gasteiger partial charge on any atom is 0.238 e. The molecule has 0 bridgehead atoms. The van der Waals surface area contributed by atoms with Crippen LogP contribution in [0.4, 0.5) is 4.39 Å². The SMILES string of the molecule is CN1CCN(NC(=O)Cc2ccccc2F)CC1. The summed E-state index contributed by atoms with van der Waals surface area (Å²) in [5.74, 6) is -0.490. The topological polar surface area (TPSA) is 35.6 Å². The second-order valence-electron chi connectivity index (χ2n) is 4.59. The number of halogens is 1. The van der Waals surface area contributed by atoms with Crippen LogP contribution in [0, 0.1) is 5.82 Å². The highest BCUT2D eigenvalue weighted by atomic mass is 19.1. The van der Waals surface area contributed by atoms with E-state index in [0.717, 1.165) is 26.2 Å². The fraction of sp³-hybridized carbons (Fsp3) is 0.462. The van der Waals surface area contributed by atoms with E-state index in [1.807, 2.05) is 5.01 Å². The van der Waals surface area contributed by atoms with Gasteiger partial charge in [-0.05, 0) is 18.7 Å². The summed E-state index contributed by atoms with van der Waals surface area (Å²) in [6.07, 6.45) is 0.0824. The number of hydrogen-bond donors (Lipinski definition) is 1. The van der Waals surface area contributed by atoms with Gasteiger partial charge in [0.25, 0.3) is 0 Å². The molecule has 1 amide bonds. The van der Waals surface area contributed by atoms with E-state index in [4.69, 9.17) is 0 Å². The molecular formula is C13H18FN3O. The van der Waals surface area contributed by atoms with Gasteiger partial charge in [-0.15, -0.1) is 0 Å². The number of nitrogens with one attached hydrogen (secondary N) is 1. The van der Waals surface area contributed by atoms with Crippen LogP contribution in [-0.2, 0) is 11.2 Å². The number of benzene rings is 1. The van der Waals surface area contributed by atoms with Crippen molar-refractivity contribution in [3.05, 3.63) is 35.6 Å². The zero-order chi connectivity index (χ0) is 13.0. The molecule has 1 aliphatic rings. The van der Waals surface area contributed by atoms with Crippen molar-refractivity contribution in [1.29, 1.82) is 0 Å². The zero-order valence-electron chi connectivity index (χ0n) is 10.5. The van der Waals surface area contributed by atoms with Crippen molar-refractivity contribution in [2.75, 3.05) is 33.2 Å². The first-order valence-corrected chi connectivity index (χ1v) is 6.11. The van der Waals surface area contributed by atoms with Crippen molar-refractivity contribution in [2.24, 2.45) is 0 Å². The summed E-state index contributed by atoms with van der Waals surface area (Å²) in [6, 6.07) is 6.37. The molecule has 1 heterocycles. The number of piperazine rings is 1. The van der Waals surface area contributed by atoms with Crippen molar-refractivity contribution in [3.8, 4) is 0 Å². The third-order valence-corrected chi connectivity index (χ3v) is 3.09. The lowest BCUT2D eigenvalue weighted by atomic mass is 10.1. The Balaban J connectivity index is 1.84. The van der Waals surface area contributed by atoms with Gasteiger partial charge in [0.05, 0.1) is 6.42 Å². The first-order valence-electron chi connectivity index (χ1n) is 6.11. The Bertz CT molecular complexity index is 416. The molecular weight excluding hydrogens is 233 g/mol. The molecule has 1 aromatic carbocycles. The predicted octanol–water partition coefficient (Wildman–Crippen LogP) is 0.647. The molecule has 1 fully saturated rings. The van der Waals surface area contributed by atoms with Crippen LogP contribution in [-0.4, -0.2) is 49.0 Å². The number of nitrogens with zero attached hydrogens (tertiary/aromatic N) is 2. The summed E-state index contributed by atoms with van der Waals surface area (Å²) >= 11 is 0. The Labute approximate surface area is 106 Å². The van der Waals surface area contributed by atoms with Gasteiger partial charge in [-0.1, -0.05) is 18.2 Å². The third-order valence-electron chi connectivity index (χ3n) is 3.09. The lowest BCUT2D eigenvalue weighted by molar-refractivity contribution is -0.126. The van der Waals surface area contributed by atoms with Crippen molar-refractivity contribution in [1.82, 2.24) is 15.3 Å². The van der Waals surface area contributed by atoms with Gasteiger partial charge in [-0.3, -0.25) is 10.2 Å². The Morgan fingerprint density at radius 3 is 2.61 bits per heavy atom. The summed E-state index contributed by atoms with van der Waals surface area (Å²) < 4.78 is 13.4. The number of carbonyl (C=O) groups is 1. The summed E-state index contributed by atoms with van der Waals surface area (Å²) in [4.78, 5) is 14.0. The predicted molar refractivity (Wildman–Crippen MR) is 67.3 cm³/mol. The largest absolute Gasteiger partial charge is 0.304 e. The number of hydrogen-bond acceptors (Lipinski definition) is 3. The van der Waals surface area contributed by atoms with Gasteiger partial charge in [-0.2, -0.15) is 0 Å². The maximum absolute atomic E-state index is 13.4. The molecule has 1 saturated heterocycles. The van der Waals surface area contributed by atoms with Gasteiger partial charge >= 0.3 is 0 Å². The minimum Gasteiger partial charge on any atom is -0.304 e. The van der Waals surface area contributed by atoms with E-state index >= 15 is 0 Å². The second kappa shape index (κ2) is 5.93. The Morgan fingerprint density at radius 1 is 1.28 bits per heavy atom. The summed E-state index contributed by atoms with van der Waals surface area (Å²) in [5.41, 5.74) is 3.25. The minimum atomic E-state index is -0.328. The molecule has 18 heavy (non-hydrogen) atoms. The highest BCUT2D eigenvalue weighted by Gasteiger charge is 2.16. The third kappa shape index (κ3) is 3.51. The molecule has 2 rings (SSSR count). The molecule has 0 unspecified atom stereocenters. The van der Waals surface area contributed by atoms with Crippen LogP contribution < -0.4 is 5.43 Å². The lowest BCUT2D eigenvalue weighted by Gasteiger charge is -2.32. The minimum absolute atomic E-state index is 0.0824. The highest BCUT2D eigenvalue weighted by molar-refractivity contribution is 5.78. The van der Waals surface area contributed by atoms with E-state index in [1.165, 1.54) is 6.07 Å². The molecule has 0 aromatic heterocycles. The molecule has 5 heteroatoms. The van der Waals surface area contributed by atoms with Crippen LogP contribution in [0.3, 0.4) is 0 Å². The summed E-state index contributed by atoms with van der Waals surface area (Å²) in [6.45, 7) is 3.47. The average molecular weight is 251 g/mol. The van der Waals surface area contributed by atoms with E-state index in [2.05, 4.69) is 17.4 Å². The van der Waals surface area contributed by atoms with Crippen molar-refractivity contribution >= 4 is 5.91 Å². The molecule has 0 radical (unpaired) electrons. The average Bonchev–Trinajstić information content (AvgIpc) is 2.35. The van der Waals surface area contributed by atoms with Gasteiger partial charge in [0.2, 0.25) is 5.91 Å². The summed E-state index contributed by atoms with van der Waals surface area (Å²) in [7, 11) is 2.05. The van der Waals surface area contributed by atoms with Crippen LogP contribution in [0.5, 0.6) is 0 Å². The Morgan fingerprint density at radius 2 is 1.94 bits per heavy atom. The zero-order valence-corrected chi connectivity index (χ0v) is 10.5. The number of carbonyl (C=O) groups excluding carboxylic acids is 1. The number of hydrazine groups is 1. The molecule has 1 N–H and O–H groups in total. The first kappa shape index (κ1) is 13.0. The molecule has 1 aromatic rings. The lowest BCUT2D eigenvalue weighted by Crippen LogP contribution is -2.52. The van der Waals surface area contributed by atoms with E-state index in [-0.39, 0.29) is 18.1 Å². The number of amides is 1. The van der Waals surface area contributed by atoms with Gasteiger partial charge in [-0.25, -0.2) is 9.40 Å². The normalized spacial score (nSPS) is 17.7. The molecule has 0 spiro atoms. The van der Waals surface area contributed by atoms with E-state index in [9.17, 15) is 9.18 Å². The quantitative estimate of drug-likeness (QED) is 0.856. The molecule has 1 aliphatic heterocycles. The Kier molecular flexibility index (Phi) is 4.28. The molecule has 4 nitrogen and oxygen atoms in total. The molecule has 0 aliphatic carbocycles. The molecule has 0 atom stereocenters. The van der Waals surface area contributed by atoms with E-state index in [1.54, 1.807) is 18.2 Å². The standard InChI is InChI=1S/C13H18FN3O/c1-16-6-8-17(9-7-16)15-13(18)10-11-4-2-3-5-12(11)14/h2-5H,6-10H2,1H3,(H,15,18). The monoisotopic (exact) mass is 251 g/mol. The summed E-state index contributed by atoms with van der Waals surface area (Å²) in [5, 5.41) is 1.89. The van der Waals surface area contributed by atoms with Crippen LogP contribution in [0.25, 0.3) is 0 Å². The van der Waals surface area contributed by atoms with Gasteiger partial charge < -0.3 is 4.90 Å². The van der Waals surface area contributed by atoms with Gasteiger partial charge in [0.15, 0.2) is 0 Å². The smallest absolute Gasteiger partial charge is 0.238 e. The van der Waals surface area contributed by atoms with Crippen molar-refractivity contribution in [3.63, 3.8) is 0 Å². The molecule has 0 saturated carbocycles. The Hall–Kier alpha value is -1.46. The van der Waals surface area contributed by atoms with Gasteiger partial charge in [0.1, 0.15) is 5.82 Å². The highest BCUT2D eigenvalue weighted by Crippen LogP contribution is 2.07. The fourth-order valence-corrected chi connectivity index (χ4v) is 1.95.